The second-order valence-corrected chi connectivity index (χ2v) is 7.56. The number of primary amides is 1. The molecule has 0 fully saturated rings. The van der Waals surface area contributed by atoms with E-state index in [9.17, 15) is 29.1 Å². The van der Waals surface area contributed by atoms with Crippen molar-refractivity contribution in [1.82, 2.24) is 15.6 Å². The third-order valence-electron chi connectivity index (χ3n) is 5.06. The van der Waals surface area contributed by atoms with Crippen LogP contribution in [0.4, 0.5) is 0 Å². The Morgan fingerprint density at radius 2 is 1.67 bits per heavy atom. The zero-order valence-corrected chi connectivity index (χ0v) is 17.7. The second-order valence-electron chi connectivity index (χ2n) is 7.56. The number of carboxylic acid groups (broad SMARTS) is 2. The molecule has 0 aliphatic carbocycles. The Bertz CT molecular complexity index is 1030. The van der Waals surface area contributed by atoms with Crippen LogP contribution in [0.3, 0.4) is 0 Å². The van der Waals surface area contributed by atoms with Crippen LogP contribution in [-0.4, -0.2) is 63.0 Å². The molecule has 2 aromatic rings. The standard InChI is InChI=1S/C21H27N5O7/c22-13(19(23)30)5-7-17(27)25-15(6-8-18(28)29)20(31)26-16(21(32)33)9-11-10-24-14-4-2-1-3-12(11)14/h1-4,10,13,15-16,24H,5-9,22H2,(H2,23,30)(H,25,27)(H,26,31)(H,28,29)(H,32,33)/t13-,15-,16-/m0/s1. The SMILES string of the molecule is NC(=O)[C@@H](N)CCC(=O)N[C@@H](CCC(=O)O)C(=O)N[C@@H](Cc1c[nH]c2ccccc12)C(=O)O. The molecule has 0 aliphatic heterocycles. The van der Waals surface area contributed by atoms with Crippen LogP contribution in [0, 0.1) is 0 Å². The van der Waals surface area contributed by atoms with Crippen molar-refractivity contribution in [3.8, 4) is 0 Å². The minimum atomic E-state index is -1.32. The monoisotopic (exact) mass is 461 g/mol. The zero-order chi connectivity index (χ0) is 24.5. The number of H-pyrrole nitrogens is 1. The number of carboxylic acids is 2. The first-order valence-electron chi connectivity index (χ1n) is 10.2. The number of carbonyl (C=O) groups is 5. The summed E-state index contributed by atoms with van der Waals surface area (Å²) in [5.74, 6) is -4.75. The minimum Gasteiger partial charge on any atom is -0.481 e. The van der Waals surface area contributed by atoms with Gasteiger partial charge in [0.2, 0.25) is 17.7 Å². The van der Waals surface area contributed by atoms with Crippen LogP contribution in [0.5, 0.6) is 0 Å². The van der Waals surface area contributed by atoms with Crippen molar-refractivity contribution >= 4 is 40.6 Å². The van der Waals surface area contributed by atoms with Gasteiger partial charge in [0.05, 0.1) is 6.04 Å². The smallest absolute Gasteiger partial charge is 0.326 e. The number of benzene rings is 1. The van der Waals surface area contributed by atoms with Gasteiger partial charge in [0.1, 0.15) is 12.1 Å². The Morgan fingerprint density at radius 1 is 0.970 bits per heavy atom. The van der Waals surface area contributed by atoms with Crippen LogP contribution < -0.4 is 22.1 Å². The summed E-state index contributed by atoms with van der Waals surface area (Å²) >= 11 is 0. The summed E-state index contributed by atoms with van der Waals surface area (Å²) in [6.45, 7) is 0. The maximum absolute atomic E-state index is 12.8. The van der Waals surface area contributed by atoms with Crippen molar-refractivity contribution < 1.29 is 34.2 Å². The molecule has 12 nitrogen and oxygen atoms in total. The van der Waals surface area contributed by atoms with Crippen LogP contribution >= 0.6 is 0 Å². The number of nitrogens with two attached hydrogens (primary N) is 2. The normalized spacial score (nSPS) is 13.6. The van der Waals surface area contributed by atoms with Crippen LogP contribution in [0.15, 0.2) is 30.5 Å². The van der Waals surface area contributed by atoms with E-state index in [0.29, 0.717) is 5.56 Å². The lowest BCUT2D eigenvalue weighted by molar-refractivity contribution is -0.143. The van der Waals surface area contributed by atoms with Gasteiger partial charge in [-0.2, -0.15) is 0 Å². The average molecular weight is 461 g/mol. The van der Waals surface area contributed by atoms with Gasteiger partial charge in [-0.3, -0.25) is 19.2 Å². The van der Waals surface area contributed by atoms with Gasteiger partial charge in [-0.15, -0.1) is 0 Å². The summed E-state index contributed by atoms with van der Waals surface area (Å²) < 4.78 is 0. The molecule has 0 unspecified atom stereocenters. The van der Waals surface area contributed by atoms with Crippen molar-refractivity contribution in [3.05, 3.63) is 36.0 Å². The summed E-state index contributed by atoms with van der Waals surface area (Å²) in [5.41, 5.74) is 12.0. The number of hydrogen-bond acceptors (Lipinski definition) is 6. The molecule has 0 saturated heterocycles. The maximum atomic E-state index is 12.8. The number of rotatable bonds is 13. The molecule has 0 bridgehead atoms. The molecule has 0 aliphatic rings. The summed E-state index contributed by atoms with van der Waals surface area (Å²) in [6.07, 6.45) is 0.648. The summed E-state index contributed by atoms with van der Waals surface area (Å²) in [6, 6.07) is 3.62. The van der Waals surface area contributed by atoms with Crippen molar-refractivity contribution in [1.29, 1.82) is 0 Å². The molecule has 1 aromatic carbocycles. The van der Waals surface area contributed by atoms with Gasteiger partial charge < -0.3 is 37.3 Å². The molecule has 0 radical (unpaired) electrons. The lowest BCUT2D eigenvalue weighted by Crippen LogP contribution is -2.52. The Morgan fingerprint density at radius 3 is 2.30 bits per heavy atom. The van der Waals surface area contributed by atoms with Gasteiger partial charge in [0.25, 0.3) is 0 Å². The highest BCUT2D eigenvalue weighted by Gasteiger charge is 2.28. The van der Waals surface area contributed by atoms with Crippen LogP contribution in [0.25, 0.3) is 10.9 Å². The number of para-hydroxylation sites is 1. The van der Waals surface area contributed by atoms with E-state index in [-0.39, 0.29) is 25.7 Å². The Kier molecular flexibility index (Phi) is 8.92. The highest BCUT2D eigenvalue weighted by Crippen LogP contribution is 2.19. The molecule has 9 N–H and O–H groups in total. The van der Waals surface area contributed by atoms with Crippen molar-refractivity contribution in [3.63, 3.8) is 0 Å². The van der Waals surface area contributed by atoms with Gasteiger partial charge in [0.15, 0.2) is 0 Å². The van der Waals surface area contributed by atoms with Gasteiger partial charge in [0, 0.05) is 36.4 Å². The fraction of sp³-hybridized carbons (Fsp3) is 0.381. The van der Waals surface area contributed by atoms with E-state index < -0.39 is 54.2 Å². The molecule has 178 valence electrons. The number of aromatic amines is 1. The second kappa shape index (κ2) is 11.6. The van der Waals surface area contributed by atoms with Crippen molar-refractivity contribution in [2.45, 2.75) is 50.2 Å². The molecule has 1 heterocycles. The van der Waals surface area contributed by atoms with E-state index >= 15 is 0 Å². The first kappa shape index (κ1) is 25.3. The molecule has 3 amide bonds. The van der Waals surface area contributed by atoms with Gasteiger partial charge in [-0.1, -0.05) is 18.2 Å². The Labute approximate surface area is 188 Å². The third kappa shape index (κ3) is 7.61. The molecular weight excluding hydrogens is 434 g/mol. The molecular formula is C21H27N5O7. The number of nitrogens with one attached hydrogen (secondary N) is 3. The molecule has 12 heteroatoms. The number of carbonyl (C=O) groups excluding carboxylic acids is 3. The highest BCUT2D eigenvalue weighted by atomic mass is 16.4. The van der Waals surface area contributed by atoms with Crippen LogP contribution in [0.2, 0.25) is 0 Å². The number of aliphatic carboxylic acids is 2. The Hall–Kier alpha value is -3.93. The van der Waals surface area contributed by atoms with Crippen molar-refractivity contribution in [2.75, 3.05) is 0 Å². The lowest BCUT2D eigenvalue weighted by atomic mass is 10.0. The topological polar surface area (TPSA) is 218 Å². The fourth-order valence-electron chi connectivity index (χ4n) is 3.22. The molecule has 3 atom stereocenters. The fourth-order valence-corrected chi connectivity index (χ4v) is 3.22. The molecule has 2 rings (SSSR count). The van der Waals surface area contributed by atoms with E-state index in [1.807, 2.05) is 18.2 Å². The lowest BCUT2D eigenvalue weighted by Gasteiger charge is -2.21. The van der Waals surface area contributed by atoms with E-state index in [0.717, 1.165) is 10.9 Å². The first-order chi connectivity index (χ1) is 15.6. The van der Waals surface area contributed by atoms with Crippen LogP contribution in [0.1, 0.15) is 31.2 Å². The summed E-state index contributed by atoms with van der Waals surface area (Å²) in [4.78, 5) is 61.7. The number of amides is 3. The third-order valence-corrected chi connectivity index (χ3v) is 5.06. The number of hydrogen-bond donors (Lipinski definition) is 7. The summed E-state index contributed by atoms with van der Waals surface area (Å²) in [5, 5.41) is 24.1. The quantitative estimate of drug-likeness (QED) is 0.200. The first-order valence-corrected chi connectivity index (χ1v) is 10.2. The number of fused-ring (bicyclic) bond motifs is 1. The minimum absolute atomic E-state index is 0.0296. The van der Waals surface area contributed by atoms with E-state index in [4.69, 9.17) is 16.6 Å². The Balaban J connectivity index is 2.08. The van der Waals surface area contributed by atoms with E-state index in [1.165, 1.54) is 0 Å². The molecule has 0 saturated carbocycles. The number of aromatic nitrogens is 1. The van der Waals surface area contributed by atoms with E-state index in [1.54, 1.807) is 12.3 Å². The van der Waals surface area contributed by atoms with Gasteiger partial charge in [-0.25, -0.2) is 4.79 Å². The van der Waals surface area contributed by atoms with Crippen LogP contribution in [-0.2, 0) is 30.4 Å². The largest absolute Gasteiger partial charge is 0.481 e. The molecule has 33 heavy (non-hydrogen) atoms. The van der Waals surface area contributed by atoms with E-state index in [2.05, 4.69) is 15.6 Å². The molecule has 0 spiro atoms. The average Bonchev–Trinajstić information content (AvgIpc) is 3.16. The predicted molar refractivity (Wildman–Crippen MR) is 117 cm³/mol. The van der Waals surface area contributed by atoms with Crippen molar-refractivity contribution in [2.24, 2.45) is 11.5 Å². The summed E-state index contributed by atoms with van der Waals surface area (Å²) in [7, 11) is 0. The highest BCUT2D eigenvalue weighted by molar-refractivity contribution is 5.91. The molecule has 1 aromatic heterocycles. The van der Waals surface area contributed by atoms with Gasteiger partial charge >= 0.3 is 11.9 Å². The zero-order valence-electron chi connectivity index (χ0n) is 17.7. The predicted octanol–water partition coefficient (Wildman–Crippen LogP) is -0.778. The maximum Gasteiger partial charge on any atom is 0.326 e. The van der Waals surface area contributed by atoms with Gasteiger partial charge in [-0.05, 0) is 24.5 Å².